The predicted molar refractivity (Wildman–Crippen MR) is 124 cm³/mol. The van der Waals surface area contributed by atoms with Crippen LogP contribution in [0.25, 0.3) is 0 Å². The molecular formula is C26H32ClN3O. The van der Waals surface area contributed by atoms with Crippen molar-refractivity contribution in [2.24, 2.45) is 5.41 Å². The number of hydrogen-bond acceptors (Lipinski definition) is 4. The number of nitriles is 1. The third-order valence-corrected chi connectivity index (χ3v) is 7.63. The van der Waals surface area contributed by atoms with Crippen molar-refractivity contribution in [2.75, 3.05) is 13.1 Å². The summed E-state index contributed by atoms with van der Waals surface area (Å²) in [4.78, 5) is 7.12. The highest BCUT2D eigenvalue weighted by molar-refractivity contribution is 6.30. The SMILES string of the molecule is CC1(C)C[C@H]([C@]2(CCc3ccc(C#N)cn3)CCN(C(C)(C)c3ccc(Cl)cc3)C2)O1. The first kappa shape index (κ1) is 22.3. The van der Waals surface area contributed by atoms with E-state index in [2.05, 4.69) is 55.8 Å². The van der Waals surface area contributed by atoms with Crippen LogP contribution in [0.15, 0.2) is 42.6 Å². The maximum atomic E-state index is 9.03. The summed E-state index contributed by atoms with van der Waals surface area (Å²) >= 11 is 6.13. The first-order valence-electron chi connectivity index (χ1n) is 11.2. The number of pyridine rings is 1. The normalized spacial score (nSPS) is 25.7. The molecule has 2 fully saturated rings. The van der Waals surface area contributed by atoms with Gasteiger partial charge in [0.25, 0.3) is 0 Å². The maximum Gasteiger partial charge on any atom is 0.101 e. The number of nitrogens with zero attached hydrogens (tertiary/aromatic N) is 3. The first-order chi connectivity index (χ1) is 14.6. The molecule has 5 heteroatoms. The van der Waals surface area contributed by atoms with E-state index in [1.165, 1.54) is 5.56 Å². The van der Waals surface area contributed by atoms with Crippen LogP contribution < -0.4 is 0 Å². The topological polar surface area (TPSA) is 49.2 Å². The number of rotatable bonds is 6. The summed E-state index contributed by atoms with van der Waals surface area (Å²) in [6.07, 6.45) is 6.13. The highest BCUT2D eigenvalue weighted by Crippen LogP contribution is 2.51. The Bertz CT molecular complexity index is 954. The van der Waals surface area contributed by atoms with Gasteiger partial charge in [0.15, 0.2) is 0 Å². The third kappa shape index (κ3) is 4.51. The average molecular weight is 438 g/mol. The van der Waals surface area contributed by atoms with Gasteiger partial charge in [0.05, 0.1) is 17.3 Å². The smallest absolute Gasteiger partial charge is 0.101 e. The van der Waals surface area contributed by atoms with Crippen LogP contribution in [0.4, 0.5) is 0 Å². The summed E-state index contributed by atoms with van der Waals surface area (Å²) in [6.45, 7) is 11.0. The van der Waals surface area contributed by atoms with Gasteiger partial charge in [-0.25, -0.2) is 0 Å². The van der Waals surface area contributed by atoms with Crippen molar-refractivity contribution in [1.82, 2.24) is 9.88 Å². The quantitative estimate of drug-likeness (QED) is 0.578. The standard InChI is InChI=1S/C26H32ClN3O/c1-24(2)15-23(31-24)26(12-11-22-10-5-19(16-28)17-29-22)13-14-30(18-26)25(3,4)20-6-8-21(27)9-7-20/h5-10,17,23H,11-15,18H2,1-4H3/t23-,26-/m1/s1. The highest BCUT2D eigenvalue weighted by atomic mass is 35.5. The molecule has 164 valence electrons. The van der Waals surface area contributed by atoms with Gasteiger partial charge in [0, 0.05) is 40.8 Å². The van der Waals surface area contributed by atoms with Crippen LogP contribution in [0.3, 0.4) is 0 Å². The molecule has 0 bridgehead atoms. The van der Waals surface area contributed by atoms with Crippen molar-refractivity contribution in [3.63, 3.8) is 0 Å². The van der Waals surface area contributed by atoms with Gasteiger partial charge in [-0.05, 0) is 83.3 Å². The molecule has 0 saturated carbocycles. The monoisotopic (exact) mass is 437 g/mol. The fourth-order valence-corrected chi connectivity index (χ4v) is 5.35. The lowest BCUT2D eigenvalue weighted by molar-refractivity contribution is -0.231. The molecule has 1 aromatic heterocycles. The zero-order valence-electron chi connectivity index (χ0n) is 19.0. The fourth-order valence-electron chi connectivity index (χ4n) is 5.22. The third-order valence-electron chi connectivity index (χ3n) is 7.38. The molecule has 2 saturated heterocycles. The number of aryl methyl sites for hydroxylation is 1. The van der Waals surface area contributed by atoms with E-state index in [1.54, 1.807) is 6.20 Å². The molecule has 2 aliphatic heterocycles. The molecule has 0 radical (unpaired) electrons. The van der Waals surface area contributed by atoms with Crippen LogP contribution in [0, 0.1) is 16.7 Å². The molecule has 4 nitrogen and oxygen atoms in total. The number of ether oxygens (including phenoxy) is 1. The van der Waals surface area contributed by atoms with Gasteiger partial charge in [-0.3, -0.25) is 9.88 Å². The van der Waals surface area contributed by atoms with Crippen LogP contribution in [-0.2, 0) is 16.7 Å². The van der Waals surface area contributed by atoms with Gasteiger partial charge in [0.2, 0.25) is 0 Å². The van der Waals surface area contributed by atoms with Crippen molar-refractivity contribution >= 4 is 11.6 Å². The predicted octanol–water partition coefficient (Wildman–Crippen LogP) is 5.73. The zero-order chi connectivity index (χ0) is 22.3. The molecule has 2 aromatic rings. The maximum absolute atomic E-state index is 9.03. The Morgan fingerprint density at radius 3 is 2.52 bits per heavy atom. The van der Waals surface area contributed by atoms with Crippen LogP contribution in [0.2, 0.25) is 5.02 Å². The van der Waals surface area contributed by atoms with Gasteiger partial charge >= 0.3 is 0 Å². The van der Waals surface area contributed by atoms with Gasteiger partial charge in [0.1, 0.15) is 6.07 Å². The molecule has 0 aliphatic carbocycles. The zero-order valence-corrected chi connectivity index (χ0v) is 19.7. The Balaban J connectivity index is 1.53. The minimum atomic E-state index is -0.0711. The Labute approximate surface area is 191 Å². The number of aromatic nitrogens is 1. The average Bonchev–Trinajstić information content (AvgIpc) is 3.17. The van der Waals surface area contributed by atoms with E-state index in [4.69, 9.17) is 21.6 Å². The minimum absolute atomic E-state index is 0.0243. The Hall–Kier alpha value is -1.93. The second-order valence-corrected chi connectivity index (χ2v) is 10.8. The lowest BCUT2D eigenvalue weighted by Crippen LogP contribution is -2.56. The second kappa shape index (κ2) is 8.20. The lowest BCUT2D eigenvalue weighted by Gasteiger charge is -2.52. The van der Waals surface area contributed by atoms with Crippen molar-refractivity contribution < 1.29 is 4.74 Å². The van der Waals surface area contributed by atoms with E-state index in [0.29, 0.717) is 5.56 Å². The Kier molecular flexibility index (Phi) is 5.89. The van der Waals surface area contributed by atoms with Gasteiger partial charge in [-0.15, -0.1) is 0 Å². The molecule has 0 N–H and O–H groups in total. The lowest BCUT2D eigenvalue weighted by atomic mass is 9.70. The van der Waals surface area contributed by atoms with Crippen LogP contribution in [0.1, 0.15) is 63.8 Å². The number of halogens is 1. The van der Waals surface area contributed by atoms with E-state index in [-0.39, 0.29) is 22.7 Å². The first-order valence-corrected chi connectivity index (χ1v) is 11.6. The Morgan fingerprint density at radius 1 is 1.23 bits per heavy atom. The number of likely N-dealkylation sites (tertiary alicyclic amines) is 1. The summed E-state index contributed by atoms with van der Waals surface area (Å²) < 4.78 is 6.41. The summed E-state index contributed by atoms with van der Waals surface area (Å²) in [7, 11) is 0. The summed E-state index contributed by atoms with van der Waals surface area (Å²) in [5.41, 5.74) is 2.97. The molecule has 3 heterocycles. The summed E-state index contributed by atoms with van der Waals surface area (Å²) in [6, 6.07) is 14.3. The minimum Gasteiger partial charge on any atom is -0.372 e. The van der Waals surface area contributed by atoms with E-state index < -0.39 is 0 Å². The molecule has 1 aromatic carbocycles. The van der Waals surface area contributed by atoms with Gasteiger partial charge in [-0.2, -0.15) is 5.26 Å². The van der Waals surface area contributed by atoms with E-state index in [9.17, 15) is 0 Å². The number of benzene rings is 1. The van der Waals surface area contributed by atoms with E-state index in [1.807, 2.05) is 24.3 Å². The molecule has 2 atom stereocenters. The number of hydrogen-bond donors (Lipinski definition) is 0. The highest BCUT2D eigenvalue weighted by Gasteiger charge is 2.54. The van der Waals surface area contributed by atoms with Gasteiger partial charge < -0.3 is 4.74 Å². The summed E-state index contributed by atoms with van der Waals surface area (Å²) in [5, 5.41) is 9.80. The molecule has 0 spiro atoms. The van der Waals surface area contributed by atoms with Crippen molar-refractivity contribution in [3.8, 4) is 6.07 Å². The van der Waals surface area contributed by atoms with E-state index >= 15 is 0 Å². The summed E-state index contributed by atoms with van der Waals surface area (Å²) in [5.74, 6) is 0. The second-order valence-electron chi connectivity index (χ2n) is 10.3. The van der Waals surface area contributed by atoms with Crippen LogP contribution >= 0.6 is 11.6 Å². The fraction of sp³-hybridized carbons (Fsp3) is 0.538. The van der Waals surface area contributed by atoms with Crippen LogP contribution in [-0.4, -0.2) is 34.7 Å². The van der Waals surface area contributed by atoms with Crippen molar-refractivity contribution in [3.05, 3.63) is 64.4 Å². The van der Waals surface area contributed by atoms with Crippen molar-refractivity contribution in [1.29, 1.82) is 5.26 Å². The van der Waals surface area contributed by atoms with Crippen molar-refractivity contribution in [2.45, 2.75) is 70.6 Å². The Morgan fingerprint density at radius 2 is 1.94 bits per heavy atom. The largest absolute Gasteiger partial charge is 0.372 e. The van der Waals surface area contributed by atoms with Crippen LogP contribution in [0.5, 0.6) is 0 Å². The molecule has 31 heavy (non-hydrogen) atoms. The molecule has 2 aliphatic rings. The molecule has 4 rings (SSSR count). The molecular weight excluding hydrogens is 406 g/mol. The van der Waals surface area contributed by atoms with E-state index in [0.717, 1.165) is 49.5 Å². The van der Waals surface area contributed by atoms with Gasteiger partial charge in [-0.1, -0.05) is 23.7 Å². The molecule has 0 amide bonds. The molecule has 0 unspecified atom stereocenters.